The summed E-state index contributed by atoms with van der Waals surface area (Å²) in [6.07, 6.45) is 2.70. The Kier molecular flexibility index (Phi) is 6.41. The van der Waals surface area contributed by atoms with Crippen molar-refractivity contribution < 1.29 is 22.9 Å². The number of likely N-dealkylation sites (tertiary alicyclic amines) is 1. The van der Waals surface area contributed by atoms with Crippen LogP contribution < -0.4 is 4.31 Å². The van der Waals surface area contributed by atoms with Crippen LogP contribution in [0, 0.1) is 10.1 Å². The number of anilines is 1. The third kappa shape index (κ3) is 4.92. The van der Waals surface area contributed by atoms with Crippen molar-refractivity contribution in [2.24, 2.45) is 0 Å². The first-order valence-corrected chi connectivity index (χ1v) is 12.6. The van der Waals surface area contributed by atoms with Gasteiger partial charge in [-0.1, -0.05) is 18.2 Å². The van der Waals surface area contributed by atoms with Crippen molar-refractivity contribution in [3.05, 3.63) is 58.9 Å². The molecular formula is C23H27N5O6S. The molecule has 186 valence electrons. The fourth-order valence-electron chi connectivity index (χ4n) is 4.16. The third-order valence-corrected chi connectivity index (χ3v) is 7.57. The zero-order chi connectivity index (χ0) is 25.4. The molecule has 35 heavy (non-hydrogen) atoms. The van der Waals surface area contributed by atoms with Crippen LogP contribution in [-0.4, -0.2) is 59.0 Å². The van der Waals surface area contributed by atoms with Crippen molar-refractivity contribution in [3.63, 3.8) is 0 Å². The molecule has 2 aromatic heterocycles. The zero-order valence-corrected chi connectivity index (χ0v) is 20.5. The monoisotopic (exact) mass is 501 g/mol. The third-order valence-electron chi connectivity index (χ3n) is 5.70. The summed E-state index contributed by atoms with van der Waals surface area (Å²) in [6.45, 7) is 5.81. The molecule has 0 aliphatic carbocycles. The SMILES string of the molecule is CC(C)(C)OC(=O)N1CCC(N(c2c([N+](=O)[O-])cnc3[nH]ccc23)S(=O)(=O)c2ccccc2)CC1. The van der Waals surface area contributed by atoms with Crippen molar-refractivity contribution in [1.29, 1.82) is 0 Å². The molecule has 1 fully saturated rings. The normalized spacial score (nSPS) is 15.2. The quantitative estimate of drug-likeness (QED) is 0.411. The highest BCUT2D eigenvalue weighted by atomic mass is 32.2. The summed E-state index contributed by atoms with van der Waals surface area (Å²) in [5, 5.41) is 12.3. The number of aromatic amines is 1. The second-order valence-electron chi connectivity index (χ2n) is 9.30. The smallest absolute Gasteiger partial charge is 0.410 e. The average Bonchev–Trinajstić information content (AvgIpc) is 3.28. The summed E-state index contributed by atoms with van der Waals surface area (Å²) in [7, 11) is -4.19. The number of rotatable bonds is 5. The molecule has 0 radical (unpaired) electrons. The number of fused-ring (bicyclic) bond motifs is 1. The highest BCUT2D eigenvalue weighted by Crippen LogP contribution is 2.40. The minimum absolute atomic E-state index is 0.0179. The van der Waals surface area contributed by atoms with Gasteiger partial charge in [-0.05, 0) is 51.8 Å². The van der Waals surface area contributed by atoms with Crippen LogP contribution >= 0.6 is 0 Å². The molecule has 1 aromatic carbocycles. The van der Waals surface area contributed by atoms with Crippen LogP contribution in [0.5, 0.6) is 0 Å². The van der Waals surface area contributed by atoms with E-state index in [9.17, 15) is 23.3 Å². The number of amides is 1. The maximum absolute atomic E-state index is 13.9. The van der Waals surface area contributed by atoms with Gasteiger partial charge in [0.1, 0.15) is 23.1 Å². The Balaban J connectivity index is 1.78. The number of benzene rings is 1. The number of ether oxygens (including phenoxy) is 1. The van der Waals surface area contributed by atoms with Gasteiger partial charge in [0.2, 0.25) is 0 Å². The number of carbonyl (C=O) groups is 1. The largest absolute Gasteiger partial charge is 0.444 e. The van der Waals surface area contributed by atoms with Crippen molar-refractivity contribution in [3.8, 4) is 0 Å². The highest BCUT2D eigenvalue weighted by Gasteiger charge is 2.40. The second-order valence-corrected chi connectivity index (χ2v) is 11.1. The maximum atomic E-state index is 13.9. The molecule has 0 bridgehead atoms. The Labute approximate surface area is 202 Å². The maximum Gasteiger partial charge on any atom is 0.410 e. The summed E-state index contributed by atoms with van der Waals surface area (Å²) >= 11 is 0. The van der Waals surface area contributed by atoms with Crippen LogP contribution in [-0.2, 0) is 14.8 Å². The number of sulfonamides is 1. The summed E-state index contributed by atoms with van der Waals surface area (Å²) in [5.74, 6) is 0. The van der Waals surface area contributed by atoms with E-state index in [2.05, 4.69) is 9.97 Å². The van der Waals surface area contributed by atoms with Crippen LogP contribution in [0.2, 0.25) is 0 Å². The molecule has 1 amide bonds. The van der Waals surface area contributed by atoms with E-state index in [1.165, 1.54) is 17.0 Å². The fourth-order valence-corrected chi connectivity index (χ4v) is 5.93. The molecular weight excluding hydrogens is 474 g/mol. The number of nitrogens with one attached hydrogen (secondary N) is 1. The number of pyridine rings is 1. The molecule has 4 rings (SSSR count). The summed E-state index contributed by atoms with van der Waals surface area (Å²) < 4.78 is 34.5. The van der Waals surface area contributed by atoms with E-state index < -0.39 is 38.4 Å². The van der Waals surface area contributed by atoms with Gasteiger partial charge in [0.25, 0.3) is 10.0 Å². The first-order chi connectivity index (χ1) is 16.5. The van der Waals surface area contributed by atoms with Crippen LogP contribution in [0.25, 0.3) is 11.0 Å². The van der Waals surface area contributed by atoms with Gasteiger partial charge in [0.15, 0.2) is 0 Å². The lowest BCUT2D eigenvalue weighted by molar-refractivity contribution is -0.384. The Morgan fingerprint density at radius 2 is 1.86 bits per heavy atom. The Morgan fingerprint density at radius 3 is 2.46 bits per heavy atom. The Morgan fingerprint density at radius 1 is 1.20 bits per heavy atom. The molecule has 0 saturated carbocycles. The topological polar surface area (TPSA) is 139 Å². The first kappa shape index (κ1) is 24.5. The van der Waals surface area contributed by atoms with Gasteiger partial charge in [-0.25, -0.2) is 18.2 Å². The number of nitro groups is 1. The van der Waals surface area contributed by atoms with Crippen molar-refractivity contribution in [2.45, 2.75) is 50.2 Å². The number of aromatic nitrogens is 2. The van der Waals surface area contributed by atoms with Crippen LogP contribution in [0.1, 0.15) is 33.6 Å². The van der Waals surface area contributed by atoms with Gasteiger partial charge < -0.3 is 14.6 Å². The molecule has 1 saturated heterocycles. The van der Waals surface area contributed by atoms with E-state index >= 15 is 0 Å². The zero-order valence-electron chi connectivity index (χ0n) is 19.7. The highest BCUT2D eigenvalue weighted by molar-refractivity contribution is 7.93. The Hall–Kier alpha value is -3.67. The number of hydrogen-bond acceptors (Lipinski definition) is 7. The minimum atomic E-state index is -4.19. The molecule has 11 nitrogen and oxygen atoms in total. The molecule has 3 aromatic rings. The van der Waals surface area contributed by atoms with Crippen molar-refractivity contribution in [2.75, 3.05) is 17.4 Å². The van der Waals surface area contributed by atoms with Gasteiger partial charge in [0, 0.05) is 25.3 Å². The molecule has 1 aliphatic heterocycles. The molecule has 1 aliphatic rings. The molecule has 12 heteroatoms. The van der Waals surface area contributed by atoms with E-state index in [4.69, 9.17) is 4.74 Å². The van der Waals surface area contributed by atoms with Crippen LogP contribution in [0.4, 0.5) is 16.2 Å². The van der Waals surface area contributed by atoms with E-state index in [0.717, 1.165) is 10.5 Å². The minimum Gasteiger partial charge on any atom is -0.444 e. The van der Waals surface area contributed by atoms with E-state index in [1.807, 2.05) is 0 Å². The average molecular weight is 502 g/mol. The number of nitrogens with zero attached hydrogens (tertiary/aromatic N) is 4. The summed E-state index contributed by atoms with van der Waals surface area (Å²) in [4.78, 5) is 32.4. The molecule has 0 spiro atoms. The van der Waals surface area contributed by atoms with Gasteiger partial charge in [0.05, 0.1) is 15.2 Å². The van der Waals surface area contributed by atoms with Gasteiger partial charge in [-0.2, -0.15) is 0 Å². The lowest BCUT2D eigenvalue weighted by atomic mass is 10.0. The predicted molar refractivity (Wildman–Crippen MR) is 130 cm³/mol. The van der Waals surface area contributed by atoms with E-state index in [0.29, 0.717) is 11.0 Å². The molecule has 0 unspecified atom stereocenters. The summed E-state index contributed by atoms with van der Waals surface area (Å²) in [5.41, 5.74) is -0.772. The van der Waals surface area contributed by atoms with Gasteiger partial charge in [-0.3, -0.25) is 14.4 Å². The predicted octanol–water partition coefficient (Wildman–Crippen LogP) is 4.07. The number of H-pyrrole nitrogens is 1. The van der Waals surface area contributed by atoms with Gasteiger partial charge in [-0.15, -0.1) is 0 Å². The first-order valence-electron chi connectivity index (χ1n) is 11.2. The molecule has 3 heterocycles. The molecule has 1 N–H and O–H groups in total. The number of hydrogen-bond donors (Lipinski definition) is 1. The lowest BCUT2D eigenvalue weighted by Crippen LogP contribution is -2.50. The summed E-state index contributed by atoms with van der Waals surface area (Å²) in [6, 6.07) is 8.76. The van der Waals surface area contributed by atoms with E-state index in [1.54, 1.807) is 51.2 Å². The number of carbonyl (C=O) groups excluding carboxylic acids is 1. The standard InChI is InChI=1S/C23H27N5O6S/c1-23(2,3)34-22(29)26-13-10-16(11-14-26)27(35(32,33)17-7-5-4-6-8-17)20-18-9-12-24-21(18)25-15-19(20)28(30)31/h4-9,12,15-16H,10-11,13-14H2,1-3H3,(H,24,25). The lowest BCUT2D eigenvalue weighted by Gasteiger charge is -2.39. The van der Waals surface area contributed by atoms with Gasteiger partial charge >= 0.3 is 11.8 Å². The van der Waals surface area contributed by atoms with Crippen LogP contribution in [0.3, 0.4) is 0 Å². The molecule has 0 atom stereocenters. The van der Waals surface area contributed by atoms with Crippen LogP contribution in [0.15, 0.2) is 53.7 Å². The van der Waals surface area contributed by atoms with Crippen molar-refractivity contribution in [1.82, 2.24) is 14.9 Å². The Bertz CT molecular complexity index is 1340. The van der Waals surface area contributed by atoms with Crippen molar-refractivity contribution >= 4 is 38.5 Å². The van der Waals surface area contributed by atoms with E-state index in [-0.39, 0.29) is 36.5 Å². The fraction of sp³-hybridized carbons (Fsp3) is 0.391. The second kappa shape index (κ2) is 9.17. The number of piperidine rings is 1.